The van der Waals surface area contributed by atoms with Crippen molar-refractivity contribution < 1.29 is 4.42 Å². The van der Waals surface area contributed by atoms with Crippen LogP contribution in [0.25, 0.3) is 0 Å². The van der Waals surface area contributed by atoms with Crippen LogP contribution in [-0.4, -0.2) is 0 Å². The van der Waals surface area contributed by atoms with Crippen LogP contribution in [0.3, 0.4) is 0 Å². The maximum absolute atomic E-state index is 5.49. The second-order valence-electron chi connectivity index (χ2n) is 5.77. The summed E-state index contributed by atoms with van der Waals surface area (Å²) in [5.41, 5.74) is 2.93. The summed E-state index contributed by atoms with van der Waals surface area (Å²) in [6, 6.07) is 14.8. The highest BCUT2D eigenvalue weighted by molar-refractivity contribution is 5.21. The highest BCUT2D eigenvalue weighted by Gasteiger charge is 2.06. The summed E-state index contributed by atoms with van der Waals surface area (Å²) in [6.07, 6.45) is 9.92. The summed E-state index contributed by atoms with van der Waals surface area (Å²) in [5.74, 6) is 1.64. The maximum Gasteiger partial charge on any atom is 0.107 e. The highest BCUT2D eigenvalue weighted by Crippen LogP contribution is 2.22. The summed E-state index contributed by atoms with van der Waals surface area (Å²) in [6.45, 7) is 4.55. The molecule has 2 rings (SSSR count). The smallest absolute Gasteiger partial charge is 0.107 e. The molecular formula is C20H26O. The molecule has 0 saturated heterocycles. The van der Waals surface area contributed by atoms with Crippen LogP contribution in [0, 0.1) is 0 Å². The maximum atomic E-state index is 5.49. The largest absolute Gasteiger partial charge is 0.469 e. The van der Waals surface area contributed by atoms with Crippen LogP contribution in [0.4, 0.5) is 0 Å². The van der Waals surface area contributed by atoms with Crippen molar-refractivity contribution in [2.75, 3.05) is 0 Å². The summed E-state index contributed by atoms with van der Waals surface area (Å²) >= 11 is 0. The molecule has 21 heavy (non-hydrogen) atoms. The van der Waals surface area contributed by atoms with Gasteiger partial charge in [0.1, 0.15) is 5.76 Å². The molecule has 1 atom stereocenters. The Morgan fingerprint density at radius 1 is 1.14 bits per heavy atom. The van der Waals surface area contributed by atoms with Gasteiger partial charge in [-0.2, -0.15) is 0 Å². The van der Waals surface area contributed by atoms with E-state index in [1.165, 1.54) is 30.4 Å². The van der Waals surface area contributed by atoms with Gasteiger partial charge in [-0.1, -0.05) is 62.2 Å². The van der Waals surface area contributed by atoms with E-state index in [0.29, 0.717) is 5.92 Å². The van der Waals surface area contributed by atoms with Gasteiger partial charge in [-0.15, -0.1) is 0 Å². The van der Waals surface area contributed by atoms with Crippen LogP contribution < -0.4 is 0 Å². The Balaban J connectivity index is 1.98. The molecule has 0 radical (unpaired) electrons. The molecule has 2 aromatic rings. The van der Waals surface area contributed by atoms with Crippen molar-refractivity contribution in [2.24, 2.45) is 0 Å². The molecule has 1 heterocycles. The molecule has 0 N–H and O–H groups in total. The minimum Gasteiger partial charge on any atom is -0.469 e. The minimum absolute atomic E-state index is 0.569. The van der Waals surface area contributed by atoms with Gasteiger partial charge in [-0.25, -0.2) is 0 Å². The van der Waals surface area contributed by atoms with Gasteiger partial charge in [-0.3, -0.25) is 0 Å². The van der Waals surface area contributed by atoms with E-state index in [1.807, 2.05) is 6.07 Å². The topological polar surface area (TPSA) is 13.1 Å². The third kappa shape index (κ3) is 5.26. The monoisotopic (exact) mass is 282 g/mol. The quantitative estimate of drug-likeness (QED) is 0.531. The molecule has 0 amide bonds. The van der Waals surface area contributed by atoms with Crippen LogP contribution >= 0.6 is 0 Å². The molecule has 0 aliphatic carbocycles. The van der Waals surface area contributed by atoms with E-state index in [9.17, 15) is 0 Å². The summed E-state index contributed by atoms with van der Waals surface area (Å²) in [4.78, 5) is 0. The van der Waals surface area contributed by atoms with Crippen molar-refractivity contribution in [3.05, 3.63) is 71.7 Å². The summed E-state index contributed by atoms with van der Waals surface area (Å²) in [5, 5.41) is 0. The molecule has 1 aromatic carbocycles. The average Bonchev–Trinajstić information content (AvgIpc) is 3.03. The van der Waals surface area contributed by atoms with Crippen molar-refractivity contribution in [1.29, 1.82) is 0 Å². The summed E-state index contributed by atoms with van der Waals surface area (Å²) < 4.78 is 5.49. The van der Waals surface area contributed by atoms with Gasteiger partial charge >= 0.3 is 0 Å². The Kier molecular flexibility index (Phi) is 6.33. The molecule has 0 fully saturated rings. The van der Waals surface area contributed by atoms with Crippen LogP contribution in [0.1, 0.15) is 56.8 Å². The van der Waals surface area contributed by atoms with Crippen molar-refractivity contribution in [2.45, 2.75) is 51.9 Å². The summed E-state index contributed by atoms with van der Waals surface area (Å²) in [7, 11) is 0. The Bertz CT molecular complexity index is 522. The number of hydrogen-bond donors (Lipinski definition) is 0. The zero-order valence-corrected chi connectivity index (χ0v) is 13.2. The molecule has 112 valence electrons. The first-order valence-electron chi connectivity index (χ1n) is 8.04. The van der Waals surface area contributed by atoms with Gasteiger partial charge in [0.2, 0.25) is 0 Å². The molecule has 0 spiro atoms. The van der Waals surface area contributed by atoms with Crippen molar-refractivity contribution in [1.82, 2.24) is 0 Å². The SMILES string of the molecule is CCCC/C(=C/CC(C)c1ccccc1)Cc1ccco1. The predicted molar refractivity (Wildman–Crippen MR) is 89.5 cm³/mol. The third-order valence-corrected chi connectivity index (χ3v) is 3.96. The lowest BCUT2D eigenvalue weighted by atomic mass is 9.94. The molecule has 0 saturated carbocycles. The zero-order chi connectivity index (χ0) is 14.9. The van der Waals surface area contributed by atoms with E-state index in [-0.39, 0.29) is 0 Å². The van der Waals surface area contributed by atoms with E-state index in [1.54, 1.807) is 6.26 Å². The highest BCUT2D eigenvalue weighted by atomic mass is 16.3. The number of allylic oxidation sites excluding steroid dienone is 2. The Morgan fingerprint density at radius 3 is 2.62 bits per heavy atom. The molecule has 1 heteroatoms. The second kappa shape index (κ2) is 8.51. The Hall–Kier alpha value is -1.76. The van der Waals surface area contributed by atoms with E-state index in [2.05, 4.69) is 56.3 Å². The van der Waals surface area contributed by atoms with Crippen molar-refractivity contribution in [3.8, 4) is 0 Å². The number of furan rings is 1. The fourth-order valence-corrected chi connectivity index (χ4v) is 2.56. The van der Waals surface area contributed by atoms with Crippen molar-refractivity contribution in [3.63, 3.8) is 0 Å². The lowest BCUT2D eigenvalue weighted by Crippen LogP contribution is -1.95. The standard InChI is InChI=1S/C20H26O/c1-3-4-9-18(16-20-12-8-15-21-20)14-13-17(2)19-10-6-5-7-11-19/h5-8,10-12,14-15,17H,3-4,9,13,16H2,1-2H3/b18-14-. The first kappa shape index (κ1) is 15.6. The molecule has 0 bridgehead atoms. The lowest BCUT2D eigenvalue weighted by Gasteiger charge is -2.11. The lowest BCUT2D eigenvalue weighted by molar-refractivity contribution is 0.515. The molecule has 1 nitrogen and oxygen atoms in total. The van der Waals surface area contributed by atoms with Gasteiger partial charge in [0.05, 0.1) is 6.26 Å². The van der Waals surface area contributed by atoms with Crippen LogP contribution in [0.15, 0.2) is 64.8 Å². The molecular weight excluding hydrogens is 256 g/mol. The van der Waals surface area contributed by atoms with Crippen LogP contribution in [0.2, 0.25) is 0 Å². The van der Waals surface area contributed by atoms with E-state index >= 15 is 0 Å². The average molecular weight is 282 g/mol. The number of hydrogen-bond acceptors (Lipinski definition) is 1. The van der Waals surface area contributed by atoms with Gasteiger partial charge in [0.25, 0.3) is 0 Å². The number of unbranched alkanes of at least 4 members (excludes halogenated alkanes) is 1. The minimum atomic E-state index is 0.569. The molecule has 0 aliphatic rings. The van der Waals surface area contributed by atoms with Crippen molar-refractivity contribution >= 4 is 0 Å². The third-order valence-electron chi connectivity index (χ3n) is 3.96. The van der Waals surface area contributed by atoms with Gasteiger partial charge in [0.15, 0.2) is 0 Å². The molecule has 1 unspecified atom stereocenters. The fourth-order valence-electron chi connectivity index (χ4n) is 2.56. The molecule has 1 aromatic heterocycles. The zero-order valence-electron chi connectivity index (χ0n) is 13.2. The van der Waals surface area contributed by atoms with E-state index in [0.717, 1.165) is 18.6 Å². The van der Waals surface area contributed by atoms with Crippen LogP contribution in [0.5, 0.6) is 0 Å². The second-order valence-corrected chi connectivity index (χ2v) is 5.77. The Labute approximate surface area is 128 Å². The fraction of sp³-hybridized carbons (Fsp3) is 0.400. The van der Waals surface area contributed by atoms with Gasteiger partial charge in [-0.05, 0) is 42.9 Å². The predicted octanol–water partition coefficient (Wildman–Crippen LogP) is 6.13. The Morgan fingerprint density at radius 2 is 1.95 bits per heavy atom. The number of rotatable bonds is 8. The van der Waals surface area contributed by atoms with Crippen LogP contribution in [-0.2, 0) is 6.42 Å². The van der Waals surface area contributed by atoms with E-state index in [4.69, 9.17) is 4.42 Å². The van der Waals surface area contributed by atoms with Gasteiger partial charge < -0.3 is 4.42 Å². The normalized spacial score (nSPS) is 13.3. The van der Waals surface area contributed by atoms with E-state index < -0.39 is 0 Å². The molecule has 0 aliphatic heterocycles. The first-order chi connectivity index (χ1) is 10.3. The number of benzene rings is 1. The first-order valence-corrected chi connectivity index (χ1v) is 8.04. The van der Waals surface area contributed by atoms with Gasteiger partial charge in [0, 0.05) is 6.42 Å².